The van der Waals surface area contributed by atoms with E-state index in [1.807, 2.05) is 13.1 Å². The topological polar surface area (TPSA) is 369 Å². The Morgan fingerprint density at radius 3 is 1.42 bits per heavy atom. The number of hydrazine groups is 1. The average molecular weight is 1040 g/mol. The van der Waals surface area contributed by atoms with Crippen LogP contribution in [0.5, 0.6) is 34.5 Å². The number of hydrogen-bond donors (Lipinski definition) is 13. The van der Waals surface area contributed by atoms with Crippen LogP contribution in [0.2, 0.25) is 0 Å². The number of aliphatic hydroxyl groups is 11. The van der Waals surface area contributed by atoms with Gasteiger partial charge in [-0.25, -0.2) is 15.2 Å². The van der Waals surface area contributed by atoms with Crippen LogP contribution < -0.4 is 58.4 Å². The minimum absolute atomic E-state index is 0. The molecule has 18 atom stereocenters. The number of hydrogen-bond acceptors (Lipinski definition) is 23. The van der Waals surface area contributed by atoms with Crippen LogP contribution >= 0.6 is 0 Å². The van der Waals surface area contributed by atoms with Gasteiger partial charge in [0, 0.05) is 37.9 Å². The molecule has 3 aromatic carbocycles. The molecule has 0 aromatic heterocycles. The Kier molecular flexibility index (Phi) is 18.7. The molecule has 3 aliphatic carbocycles. The van der Waals surface area contributed by atoms with Crippen molar-refractivity contribution in [1.29, 1.82) is 0 Å². The van der Waals surface area contributed by atoms with Crippen LogP contribution in [0.4, 0.5) is 4.79 Å². The van der Waals surface area contributed by atoms with Crippen molar-refractivity contribution < 1.29 is 119 Å². The van der Waals surface area contributed by atoms with Gasteiger partial charge in [-0.1, -0.05) is 25.6 Å². The van der Waals surface area contributed by atoms with Crippen LogP contribution in [0, 0.1) is 0 Å². The van der Waals surface area contributed by atoms with Gasteiger partial charge in [0.05, 0.1) is 36.5 Å². The molecule has 14 N–H and O–H groups in total. The molecule has 11 rings (SSSR count). The van der Waals surface area contributed by atoms with E-state index in [-0.39, 0.29) is 84.8 Å². The third-order valence-corrected chi connectivity index (χ3v) is 14.3. The summed E-state index contributed by atoms with van der Waals surface area (Å²) in [5.74, 6) is 0.712. The van der Waals surface area contributed by atoms with E-state index in [2.05, 4.69) is 5.43 Å². The van der Waals surface area contributed by atoms with Gasteiger partial charge in [0.2, 0.25) is 26.3 Å². The number of carbonyl (C=O) groups is 2. The van der Waals surface area contributed by atoms with Crippen LogP contribution in [-0.2, 0) is 9.53 Å². The summed E-state index contributed by atoms with van der Waals surface area (Å²) in [7, 11) is 3.13. The van der Waals surface area contributed by atoms with Gasteiger partial charge in [-0.2, -0.15) is 0 Å². The molecule has 2 saturated heterocycles. The Bertz CT molecular complexity index is 2410. The molecule has 0 unspecified atom stereocenters. The second-order valence-corrected chi connectivity index (χ2v) is 18.4. The maximum absolute atomic E-state index is 12.5. The number of nitrogens with zero attached hydrogens (tertiary/aromatic N) is 3. The van der Waals surface area contributed by atoms with E-state index in [0.29, 0.717) is 45.6 Å². The SMILES string of the molecule is C.CN1C(=O)CN([C@H]2[C@H](O)[C@H](O)[C@@H](O)[C@H](O)[C@@H]2c2ccc3c(c2)OCO3)C1=O.CN1CO[C@@H]2[C@H](O)[C@@H](O)[C@H](O)[C@H](c3ccc4c(c3)OCO4)[C@H]2N1.N[C@H]1[C@H](O)[C@H](O)[C@@H](O)[C@H](O)[C@@H]1c1ccc2c(c1)OCO2.[AlH3].[H-].[Li+]. The number of rotatable bonds is 4. The van der Waals surface area contributed by atoms with Gasteiger partial charge in [0.1, 0.15) is 62.1 Å². The first-order valence-electron chi connectivity index (χ1n) is 22.5. The number of imide groups is 1. The smallest absolute Gasteiger partial charge is 1.00 e. The first-order chi connectivity index (χ1) is 33.4. The second-order valence-electron chi connectivity index (χ2n) is 18.4. The van der Waals surface area contributed by atoms with Crippen molar-refractivity contribution in [1.82, 2.24) is 20.2 Å². The standard InChI is InChI=1S/C17H20N2O8.C15H20N2O6.C13H17NO6.CH4.Al.Li.4H/c1-18-10(20)5-19(17(18)25)12-11(13(21)15(23)16(24)14(12)22)7-2-3-8-9(4-7)27-6-26-8;1-17-5-21-15-11(16-17)10(12(18)13(19)14(15)20)7-2-3-8-9(4-7)23-6-22-8;14-9-8(10(15)12(17)13(18)11(9)16)5-1-2-6-7(3-5)20-4-19-6;;;;;;;/h2-4,11-16,21-24H,5-6H2,1H3;2-4,10-16,18-20H,5-6H2,1H3;1-3,8-13,15-18H,4,14H2;1H4;;;;;;/q;;;;;+1;;;;-1/t11-,12-,13-,14+,15+,16+;10-,11-,12-,13+,14-,15+;8-,9-,10-,11+,12+,13+;;;;;;;/m111......./s1. The van der Waals surface area contributed by atoms with Crippen LogP contribution in [-0.4, -0.2) is 239 Å². The fourth-order valence-electron chi connectivity index (χ4n) is 10.4. The van der Waals surface area contributed by atoms with Gasteiger partial charge in [-0.15, -0.1) is 0 Å². The molecule has 5 aliphatic heterocycles. The molecule has 3 aromatic rings. The summed E-state index contributed by atoms with van der Waals surface area (Å²) in [5.41, 5.74) is 11.0. The van der Waals surface area contributed by atoms with Crippen LogP contribution in [0.1, 0.15) is 43.3 Å². The quantitative estimate of drug-likeness (QED) is 0.0852. The Labute approximate surface area is 442 Å². The largest absolute Gasteiger partial charge is 1.00 e. The Hall–Kier alpha value is -4.07. The number of aliphatic hydroxyl groups excluding tert-OH is 11. The predicted molar refractivity (Wildman–Crippen MR) is 251 cm³/mol. The first-order valence-corrected chi connectivity index (χ1v) is 22.5. The third kappa shape index (κ3) is 10.7. The third-order valence-electron chi connectivity index (χ3n) is 14.3. The van der Waals surface area contributed by atoms with Gasteiger partial charge >= 0.3 is 24.9 Å². The molecule has 398 valence electrons. The molecule has 3 amide bonds. The van der Waals surface area contributed by atoms with Crippen LogP contribution in [0.25, 0.3) is 0 Å². The Morgan fingerprint density at radius 2 is 0.945 bits per heavy atom. The summed E-state index contributed by atoms with van der Waals surface area (Å²) >= 11 is 0. The summed E-state index contributed by atoms with van der Waals surface area (Å²) in [6.45, 7) is 0.331. The zero-order valence-corrected chi connectivity index (χ0v) is 38.6. The van der Waals surface area contributed by atoms with Crippen molar-refractivity contribution in [2.24, 2.45) is 5.73 Å². The molecular weight excluding hydrogens is 976 g/mol. The fraction of sp³-hybridized carbons (Fsp3) is 0.565. The molecule has 27 heteroatoms. The molecule has 3 saturated carbocycles. The van der Waals surface area contributed by atoms with Gasteiger partial charge in [0.15, 0.2) is 51.9 Å². The summed E-state index contributed by atoms with van der Waals surface area (Å²) in [6.07, 6.45) is -16.0. The molecule has 73 heavy (non-hydrogen) atoms. The Balaban J connectivity index is 0.000000202. The van der Waals surface area contributed by atoms with E-state index in [4.69, 9.17) is 38.9 Å². The molecule has 0 bridgehead atoms. The van der Waals surface area contributed by atoms with Gasteiger partial charge in [0.25, 0.3) is 0 Å². The maximum atomic E-state index is 12.5. The van der Waals surface area contributed by atoms with E-state index in [9.17, 15) is 65.8 Å². The number of amides is 3. The zero-order valence-electron chi connectivity index (χ0n) is 39.6. The molecule has 8 aliphatic rings. The minimum atomic E-state index is -1.68. The van der Waals surface area contributed by atoms with E-state index >= 15 is 0 Å². The number of likely N-dealkylation sites (N-methyl/N-ethyl adjacent to an activating group) is 1. The molecule has 0 radical (unpaired) electrons. The summed E-state index contributed by atoms with van der Waals surface area (Å²) in [5, 5.41) is 114. The number of nitrogens with one attached hydrogen (secondary N) is 1. The maximum Gasteiger partial charge on any atom is 1.00 e. The molecule has 5 heterocycles. The zero-order chi connectivity index (χ0) is 50.0. The summed E-state index contributed by atoms with van der Waals surface area (Å²) in [4.78, 5) is 26.4. The summed E-state index contributed by atoms with van der Waals surface area (Å²) < 4.78 is 37.4. The van der Waals surface area contributed by atoms with Gasteiger partial charge in [-0.3, -0.25) is 9.69 Å². The predicted octanol–water partition coefficient (Wildman–Crippen LogP) is -8.17. The second kappa shape index (κ2) is 23.4. The average Bonchev–Trinajstić information content (AvgIpc) is 4.19. The molecule has 25 nitrogen and oxygen atoms in total. The fourth-order valence-corrected chi connectivity index (χ4v) is 10.4. The van der Waals surface area contributed by atoms with E-state index < -0.39 is 115 Å². The van der Waals surface area contributed by atoms with Crippen molar-refractivity contribution in [2.45, 2.75) is 117 Å². The van der Waals surface area contributed by atoms with Gasteiger partial charge < -0.3 is 101 Å². The molecule has 0 spiro atoms. The van der Waals surface area contributed by atoms with Crippen LogP contribution in [0.15, 0.2) is 54.6 Å². The Morgan fingerprint density at radius 1 is 0.548 bits per heavy atom. The monoisotopic (exact) mass is 1040 g/mol. The van der Waals surface area contributed by atoms with E-state index in [1.165, 1.54) is 7.05 Å². The van der Waals surface area contributed by atoms with Crippen molar-refractivity contribution in [3.8, 4) is 34.5 Å². The number of benzene rings is 3. The number of ether oxygens (including phenoxy) is 7. The minimum Gasteiger partial charge on any atom is -1.00 e. The van der Waals surface area contributed by atoms with Crippen molar-refractivity contribution >= 4 is 29.3 Å². The number of urea groups is 1. The number of carbonyl (C=O) groups excluding carboxylic acids is 2. The normalized spacial score (nSPS) is 36.8. The van der Waals surface area contributed by atoms with E-state index in [0.717, 1.165) is 15.4 Å². The van der Waals surface area contributed by atoms with Gasteiger partial charge in [-0.05, 0) is 53.1 Å². The van der Waals surface area contributed by atoms with Crippen molar-refractivity contribution in [3.63, 3.8) is 0 Å². The summed E-state index contributed by atoms with van der Waals surface area (Å²) in [6, 6.07) is 12.2. The van der Waals surface area contributed by atoms with E-state index in [1.54, 1.807) is 53.5 Å². The van der Waals surface area contributed by atoms with Crippen LogP contribution in [0.3, 0.4) is 0 Å². The number of nitrogens with two attached hydrogens (primary N) is 1. The molecular formula is C46H65AlLiN5O20. The number of fused-ring (bicyclic) bond motifs is 4. The van der Waals surface area contributed by atoms with Crippen molar-refractivity contribution in [2.75, 3.05) is 47.7 Å². The first kappa shape index (κ1) is 58.2. The molecule has 5 fully saturated rings. The van der Waals surface area contributed by atoms with Crippen molar-refractivity contribution in [3.05, 3.63) is 71.3 Å².